The van der Waals surface area contributed by atoms with Crippen LogP contribution in [0.1, 0.15) is 59.2 Å². The number of hydrogen-bond acceptors (Lipinski definition) is 2. The summed E-state index contributed by atoms with van der Waals surface area (Å²) in [6.07, 6.45) is 6.62. The van der Waals surface area contributed by atoms with E-state index in [1.54, 1.807) is 12.1 Å². The first kappa shape index (κ1) is 17.9. The fraction of sp³-hybridized carbons (Fsp3) is 0.429. The Balaban J connectivity index is 1.61. The average Bonchev–Trinajstić information content (AvgIpc) is 3.05. The number of aryl methyl sites for hydroxylation is 1. The van der Waals surface area contributed by atoms with E-state index >= 15 is 0 Å². The standard InChI is InChI=1S/C21H24ClNO2/c1-13-9-19(12-23-20(13)22)14(2)18-8-5-16(11-18)10-15-3-6-17(7-4-15)21(24)25/h3-4,6-7,9,12,14,16,18H,5,8,10-11H2,1-2H3,(H,24,25)/t14-,16?,18-/m0/s1. The Kier molecular flexibility index (Phi) is 5.43. The fourth-order valence-electron chi connectivity index (χ4n) is 3.97. The number of carbonyl (C=O) groups is 1. The van der Waals surface area contributed by atoms with Crippen molar-refractivity contribution in [1.82, 2.24) is 4.98 Å². The fourth-order valence-corrected chi connectivity index (χ4v) is 4.07. The summed E-state index contributed by atoms with van der Waals surface area (Å²) >= 11 is 6.04. The minimum atomic E-state index is -0.867. The zero-order valence-corrected chi connectivity index (χ0v) is 15.5. The summed E-state index contributed by atoms with van der Waals surface area (Å²) in [5.41, 5.74) is 3.90. The summed E-state index contributed by atoms with van der Waals surface area (Å²) in [6, 6.07) is 9.47. The highest BCUT2D eigenvalue weighted by molar-refractivity contribution is 6.30. The van der Waals surface area contributed by atoms with Crippen LogP contribution < -0.4 is 0 Å². The molecule has 1 aliphatic rings. The van der Waals surface area contributed by atoms with Gasteiger partial charge in [0.25, 0.3) is 0 Å². The molecule has 0 saturated heterocycles. The van der Waals surface area contributed by atoms with Crippen LogP contribution in [0.2, 0.25) is 5.15 Å². The van der Waals surface area contributed by atoms with Crippen LogP contribution in [-0.2, 0) is 6.42 Å². The van der Waals surface area contributed by atoms with Crippen LogP contribution in [0.25, 0.3) is 0 Å². The van der Waals surface area contributed by atoms with Gasteiger partial charge in [0.1, 0.15) is 5.15 Å². The van der Waals surface area contributed by atoms with Crippen molar-refractivity contribution in [2.75, 3.05) is 0 Å². The molecule has 3 rings (SSSR count). The molecule has 25 heavy (non-hydrogen) atoms. The summed E-state index contributed by atoms with van der Waals surface area (Å²) in [7, 11) is 0. The molecule has 4 heteroatoms. The highest BCUT2D eigenvalue weighted by Gasteiger charge is 2.29. The van der Waals surface area contributed by atoms with Gasteiger partial charge in [-0.1, -0.05) is 36.7 Å². The van der Waals surface area contributed by atoms with Gasteiger partial charge in [0.2, 0.25) is 0 Å². The Morgan fingerprint density at radius 1 is 1.32 bits per heavy atom. The van der Waals surface area contributed by atoms with Gasteiger partial charge in [-0.05, 0) is 79.2 Å². The number of aromatic carboxylic acids is 1. The zero-order chi connectivity index (χ0) is 18.0. The molecule has 3 atom stereocenters. The molecule has 132 valence electrons. The quantitative estimate of drug-likeness (QED) is 0.718. The third-order valence-corrected chi connectivity index (χ3v) is 5.97. The molecule has 0 bridgehead atoms. The zero-order valence-electron chi connectivity index (χ0n) is 14.7. The second kappa shape index (κ2) is 7.57. The number of nitrogens with zero attached hydrogens (tertiary/aromatic N) is 1. The molecular weight excluding hydrogens is 334 g/mol. The first-order valence-corrected chi connectivity index (χ1v) is 9.26. The lowest BCUT2D eigenvalue weighted by molar-refractivity contribution is 0.0697. The minimum Gasteiger partial charge on any atom is -0.478 e. The van der Waals surface area contributed by atoms with Gasteiger partial charge in [-0.25, -0.2) is 9.78 Å². The van der Waals surface area contributed by atoms with Crippen molar-refractivity contribution in [3.8, 4) is 0 Å². The van der Waals surface area contributed by atoms with E-state index in [9.17, 15) is 4.79 Å². The van der Waals surface area contributed by atoms with Gasteiger partial charge >= 0.3 is 5.97 Å². The molecule has 1 heterocycles. The number of halogens is 1. The van der Waals surface area contributed by atoms with Crippen LogP contribution in [0, 0.1) is 18.8 Å². The van der Waals surface area contributed by atoms with Crippen molar-refractivity contribution in [3.05, 3.63) is 63.9 Å². The van der Waals surface area contributed by atoms with E-state index in [-0.39, 0.29) is 0 Å². The highest BCUT2D eigenvalue weighted by atomic mass is 35.5. The summed E-state index contributed by atoms with van der Waals surface area (Å²) < 4.78 is 0. The van der Waals surface area contributed by atoms with Crippen LogP contribution in [0.15, 0.2) is 36.5 Å². The van der Waals surface area contributed by atoms with Crippen molar-refractivity contribution in [2.45, 2.75) is 45.4 Å². The van der Waals surface area contributed by atoms with Crippen LogP contribution in [0.5, 0.6) is 0 Å². The molecule has 0 amide bonds. The second-order valence-electron chi connectivity index (χ2n) is 7.31. The number of carboxylic acids is 1. The number of pyridine rings is 1. The molecule has 1 unspecified atom stereocenters. The molecule has 3 nitrogen and oxygen atoms in total. The predicted octanol–water partition coefficient (Wildman–Crippen LogP) is 5.50. The molecule has 1 aromatic heterocycles. The lowest BCUT2D eigenvalue weighted by atomic mass is 9.85. The molecule has 2 aromatic rings. The van der Waals surface area contributed by atoms with Crippen molar-refractivity contribution >= 4 is 17.6 Å². The monoisotopic (exact) mass is 357 g/mol. The Bertz CT molecular complexity index is 757. The topological polar surface area (TPSA) is 50.2 Å². The Hall–Kier alpha value is -1.87. The lowest BCUT2D eigenvalue weighted by Gasteiger charge is -2.20. The lowest BCUT2D eigenvalue weighted by Crippen LogP contribution is -2.08. The Morgan fingerprint density at radius 3 is 2.68 bits per heavy atom. The van der Waals surface area contributed by atoms with Gasteiger partial charge < -0.3 is 5.11 Å². The summed E-state index contributed by atoms with van der Waals surface area (Å²) in [4.78, 5) is 15.2. The molecular formula is C21H24ClNO2. The molecule has 1 fully saturated rings. The van der Waals surface area contributed by atoms with Crippen LogP contribution in [0.3, 0.4) is 0 Å². The average molecular weight is 358 g/mol. The molecule has 1 N–H and O–H groups in total. The maximum atomic E-state index is 10.9. The van der Waals surface area contributed by atoms with E-state index in [2.05, 4.69) is 18.0 Å². The third kappa shape index (κ3) is 4.21. The number of hydrogen-bond donors (Lipinski definition) is 1. The molecule has 1 aromatic carbocycles. The summed E-state index contributed by atoms with van der Waals surface area (Å²) in [6.45, 7) is 4.29. The normalized spacial score (nSPS) is 21.2. The van der Waals surface area contributed by atoms with Crippen LogP contribution >= 0.6 is 11.6 Å². The maximum absolute atomic E-state index is 10.9. The smallest absolute Gasteiger partial charge is 0.335 e. The van der Waals surface area contributed by atoms with E-state index in [0.717, 1.165) is 12.0 Å². The summed E-state index contributed by atoms with van der Waals surface area (Å²) in [5, 5.41) is 9.58. The predicted molar refractivity (Wildman–Crippen MR) is 100 cm³/mol. The molecule has 0 radical (unpaired) electrons. The van der Waals surface area contributed by atoms with Crippen molar-refractivity contribution in [2.24, 2.45) is 11.8 Å². The summed E-state index contributed by atoms with van der Waals surface area (Å²) in [5.74, 6) is 0.964. The SMILES string of the molecule is Cc1cc([C@@H](C)[C@H]2CCC(Cc3ccc(C(=O)O)cc3)C2)cnc1Cl. The first-order chi connectivity index (χ1) is 11.9. The maximum Gasteiger partial charge on any atom is 0.335 e. The van der Waals surface area contributed by atoms with Crippen LogP contribution in [-0.4, -0.2) is 16.1 Å². The van der Waals surface area contributed by atoms with Gasteiger partial charge in [-0.15, -0.1) is 0 Å². The van der Waals surface area contributed by atoms with Crippen LogP contribution in [0.4, 0.5) is 0 Å². The van der Waals surface area contributed by atoms with E-state index < -0.39 is 5.97 Å². The largest absolute Gasteiger partial charge is 0.478 e. The van der Waals surface area contributed by atoms with Crippen molar-refractivity contribution < 1.29 is 9.90 Å². The van der Waals surface area contributed by atoms with Crippen molar-refractivity contribution in [3.63, 3.8) is 0 Å². The van der Waals surface area contributed by atoms with Gasteiger partial charge in [0.05, 0.1) is 5.56 Å². The second-order valence-corrected chi connectivity index (χ2v) is 7.67. The molecule has 0 spiro atoms. The van der Waals surface area contributed by atoms with Gasteiger partial charge in [-0.2, -0.15) is 0 Å². The van der Waals surface area contributed by atoms with Gasteiger partial charge in [0.15, 0.2) is 0 Å². The van der Waals surface area contributed by atoms with Gasteiger partial charge in [-0.3, -0.25) is 0 Å². The van der Waals surface area contributed by atoms with E-state index in [4.69, 9.17) is 16.7 Å². The molecule has 1 saturated carbocycles. The number of aromatic nitrogens is 1. The Morgan fingerprint density at radius 2 is 2.04 bits per heavy atom. The van der Waals surface area contributed by atoms with Gasteiger partial charge in [0, 0.05) is 6.20 Å². The number of rotatable bonds is 5. The Labute approximate surface area is 154 Å². The van der Waals surface area contributed by atoms with Crippen molar-refractivity contribution in [1.29, 1.82) is 0 Å². The van der Waals surface area contributed by atoms with E-state index in [0.29, 0.717) is 28.5 Å². The van der Waals surface area contributed by atoms with E-state index in [1.807, 2.05) is 25.3 Å². The molecule has 0 aliphatic heterocycles. The number of carboxylic acid groups (broad SMARTS) is 1. The highest BCUT2D eigenvalue weighted by Crippen LogP contribution is 2.41. The third-order valence-electron chi connectivity index (χ3n) is 5.58. The van der Waals surface area contributed by atoms with E-state index in [1.165, 1.54) is 30.4 Å². The number of benzene rings is 1. The molecule has 1 aliphatic carbocycles. The first-order valence-electron chi connectivity index (χ1n) is 8.88. The minimum absolute atomic E-state index is 0.354.